The molecule has 0 heterocycles. The van der Waals surface area contributed by atoms with Crippen LogP contribution in [0.25, 0.3) is 10.8 Å². The summed E-state index contributed by atoms with van der Waals surface area (Å²) in [6, 6.07) is 21.0. The van der Waals surface area contributed by atoms with Crippen LogP contribution in [-0.4, -0.2) is 18.7 Å². The van der Waals surface area contributed by atoms with Crippen LogP contribution < -0.4 is 10.2 Å². The van der Waals surface area contributed by atoms with Gasteiger partial charge < -0.3 is 4.74 Å². The second-order valence-corrected chi connectivity index (χ2v) is 5.43. The van der Waals surface area contributed by atoms with Gasteiger partial charge in [0.25, 0.3) is 5.91 Å². The molecule has 0 aliphatic heterocycles. The van der Waals surface area contributed by atoms with E-state index in [4.69, 9.17) is 4.74 Å². The molecule has 24 heavy (non-hydrogen) atoms. The van der Waals surface area contributed by atoms with Crippen LogP contribution >= 0.6 is 0 Å². The van der Waals surface area contributed by atoms with Crippen molar-refractivity contribution in [3.63, 3.8) is 0 Å². The fourth-order valence-electron chi connectivity index (χ4n) is 2.43. The molecule has 3 rings (SSSR count). The second-order valence-electron chi connectivity index (χ2n) is 5.43. The molecular formula is C20H18N2O2. The molecule has 0 radical (unpaired) electrons. The number of carbonyl (C=O) groups excluding carboxylic acids is 1. The third-order valence-corrected chi connectivity index (χ3v) is 3.83. The standard InChI is InChI=1S/C20H18N2O2/c1-14(21-22-20(23)15-6-4-3-5-7-15)16-8-9-18-13-19(24-2)11-10-17(18)12-16/h3-13H,1-2H3,(H,22,23)/b21-14+. The van der Waals surface area contributed by atoms with Crippen LogP contribution in [0.4, 0.5) is 0 Å². The van der Waals surface area contributed by atoms with Gasteiger partial charge in [0, 0.05) is 5.56 Å². The molecule has 0 unspecified atom stereocenters. The smallest absolute Gasteiger partial charge is 0.271 e. The minimum Gasteiger partial charge on any atom is -0.497 e. The molecule has 1 amide bonds. The molecule has 0 aromatic heterocycles. The monoisotopic (exact) mass is 318 g/mol. The molecule has 3 aromatic rings. The van der Waals surface area contributed by atoms with E-state index in [9.17, 15) is 4.79 Å². The molecule has 0 saturated heterocycles. The number of benzene rings is 3. The van der Waals surface area contributed by atoms with E-state index in [0.717, 1.165) is 27.8 Å². The quantitative estimate of drug-likeness (QED) is 0.584. The lowest BCUT2D eigenvalue weighted by Crippen LogP contribution is -2.19. The van der Waals surface area contributed by atoms with Crippen molar-refractivity contribution in [2.24, 2.45) is 5.10 Å². The number of ether oxygens (including phenoxy) is 1. The van der Waals surface area contributed by atoms with E-state index < -0.39 is 0 Å². The van der Waals surface area contributed by atoms with Crippen molar-refractivity contribution in [1.82, 2.24) is 5.43 Å². The first-order chi connectivity index (χ1) is 11.7. The predicted octanol–water partition coefficient (Wildman–Crippen LogP) is 4.00. The Morgan fingerprint density at radius 3 is 2.38 bits per heavy atom. The van der Waals surface area contributed by atoms with Crippen molar-refractivity contribution in [3.05, 3.63) is 77.9 Å². The van der Waals surface area contributed by atoms with Crippen LogP contribution in [0.1, 0.15) is 22.8 Å². The minimum atomic E-state index is -0.222. The van der Waals surface area contributed by atoms with Gasteiger partial charge in [-0.2, -0.15) is 5.10 Å². The first-order valence-corrected chi connectivity index (χ1v) is 7.65. The zero-order valence-corrected chi connectivity index (χ0v) is 13.6. The summed E-state index contributed by atoms with van der Waals surface area (Å²) in [5.74, 6) is 0.608. The number of hydrogen-bond donors (Lipinski definition) is 1. The lowest BCUT2D eigenvalue weighted by molar-refractivity contribution is 0.0955. The Bertz CT molecular complexity index is 902. The third-order valence-electron chi connectivity index (χ3n) is 3.83. The van der Waals surface area contributed by atoms with Crippen LogP contribution in [0.5, 0.6) is 5.75 Å². The maximum atomic E-state index is 12.0. The number of fused-ring (bicyclic) bond motifs is 1. The fourth-order valence-corrected chi connectivity index (χ4v) is 2.43. The van der Waals surface area contributed by atoms with Gasteiger partial charge in [-0.05, 0) is 53.6 Å². The molecule has 0 bridgehead atoms. The van der Waals surface area contributed by atoms with Gasteiger partial charge in [-0.25, -0.2) is 5.43 Å². The number of methoxy groups -OCH3 is 1. The van der Waals surface area contributed by atoms with E-state index in [-0.39, 0.29) is 5.91 Å². The number of rotatable bonds is 4. The molecule has 0 aliphatic rings. The number of carbonyl (C=O) groups is 1. The molecular weight excluding hydrogens is 300 g/mol. The summed E-state index contributed by atoms with van der Waals surface area (Å²) >= 11 is 0. The van der Waals surface area contributed by atoms with Crippen LogP contribution in [0.3, 0.4) is 0 Å². The maximum absolute atomic E-state index is 12.0. The number of nitrogens with one attached hydrogen (secondary N) is 1. The van der Waals surface area contributed by atoms with Crippen LogP contribution in [0.15, 0.2) is 71.8 Å². The van der Waals surface area contributed by atoms with Gasteiger partial charge in [-0.1, -0.05) is 36.4 Å². The molecule has 0 spiro atoms. The molecule has 4 nitrogen and oxygen atoms in total. The van der Waals surface area contributed by atoms with E-state index in [2.05, 4.69) is 10.5 Å². The summed E-state index contributed by atoms with van der Waals surface area (Å²) in [5.41, 5.74) is 4.88. The zero-order chi connectivity index (χ0) is 16.9. The van der Waals surface area contributed by atoms with E-state index in [0.29, 0.717) is 5.56 Å². The normalized spacial score (nSPS) is 11.3. The average molecular weight is 318 g/mol. The van der Waals surface area contributed by atoms with Crippen molar-refractivity contribution in [2.45, 2.75) is 6.92 Å². The Morgan fingerprint density at radius 1 is 0.917 bits per heavy atom. The van der Waals surface area contributed by atoms with Crippen molar-refractivity contribution in [3.8, 4) is 5.75 Å². The number of nitrogens with zero attached hydrogens (tertiary/aromatic N) is 1. The number of amides is 1. The van der Waals surface area contributed by atoms with Gasteiger partial charge in [0.05, 0.1) is 12.8 Å². The van der Waals surface area contributed by atoms with Crippen molar-refractivity contribution < 1.29 is 9.53 Å². The summed E-state index contributed by atoms with van der Waals surface area (Å²) < 4.78 is 5.24. The predicted molar refractivity (Wildman–Crippen MR) is 96.6 cm³/mol. The zero-order valence-electron chi connectivity index (χ0n) is 13.6. The van der Waals surface area contributed by atoms with Gasteiger partial charge in [-0.3, -0.25) is 4.79 Å². The van der Waals surface area contributed by atoms with Crippen LogP contribution in [0, 0.1) is 0 Å². The van der Waals surface area contributed by atoms with Gasteiger partial charge in [-0.15, -0.1) is 0 Å². The second kappa shape index (κ2) is 6.96. The largest absolute Gasteiger partial charge is 0.497 e. The van der Waals surface area contributed by atoms with E-state index >= 15 is 0 Å². The van der Waals surface area contributed by atoms with Crippen molar-refractivity contribution >= 4 is 22.4 Å². The lowest BCUT2D eigenvalue weighted by atomic mass is 10.0. The van der Waals surface area contributed by atoms with Crippen molar-refractivity contribution in [1.29, 1.82) is 0 Å². The molecule has 0 fully saturated rings. The Morgan fingerprint density at radius 2 is 1.62 bits per heavy atom. The molecule has 1 N–H and O–H groups in total. The molecule has 0 aliphatic carbocycles. The average Bonchev–Trinajstić information content (AvgIpc) is 2.65. The molecule has 3 aromatic carbocycles. The summed E-state index contributed by atoms with van der Waals surface area (Å²) in [7, 11) is 1.65. The van der Waals surface area contributed by atoms with E-state index in [1.807, 2.05) is 61.5 Å². The first-order valence-electron chi connectivity index (χ1n) is 7.65. The fraction of sp³-hybridized carbons (Fsp3) is 0.100. The highest BCUT2D eigenvalue weighted by atomic mass is 16.5. The Hall–Kier alpha value is -3.14. The van der Waals surface area contributed by atoms with E-state index in [1.54, 1.807) is 19.2 Å². The SMILES string of the molecule is COc1ccc2cc(/C(C)=N/NC(=O)c3ccccc3)ccc2c1. The van der Waals surface area contributed by atoms with Crippen molar-refractivity contribution in [2.75, 3.05) is 7.11 Å². The summed E-state index contributed by atoms with van der Waals surface area (Å²) in [4.78, 5) is 12.0. The third kappa shape index (κ3) is 3.43. The highest BCUT2D eigenvalue weighted by Crippen LogP contribution is 2.22. The summed E-state index contributed by atoms with van der Waals surface area (Å²) in [6.45, 7) is 1.87. The number of hydrogen-bond acceptors (Lipinski definition) is 3. The van der Waals surface area contributed by atoms with Gasteiger partial charge in [0.15, 0.2) is 0 Å². The minimum absolute atomic E-state index is 0.222. The maximum Gasteiger partial charge on any atom is 0.271 e. The Labute approximate surface area is 140 Å². The highest BCUT2D eigenvalue weighted by Gasteiger charge is 2.05. The molecule has 4 heteroatoms. The van der Waals surface area contributed by atoms with Crippen LogP contribution in [-0.2, 0) is 0 Å². The molecule has 0 atom stereocenters. The lowest BCUT2D eigenvalue weighted by Gasteiger charge is -2.06. The topological polar surface area (TPSA) is 50.7 Å². The first kappa shape index (κ1) is 15.7. The van der Waals surface area contributed by atoms with Gasteiger partial charge in [0.2, 0.25) is 0 Å². The van der Waals surface area contributed by atoms with E-state index in [1.165, 1.54) is 0 Å². The van der Waals surface area contributed by atoms with Gasteiger partial charge in [0.1, 0.15) is 5.75 Å². The Kier molecular flexibility index (Phi) is 4.57. The van der Waals surface area contributed by atoms with Gasteiger partial charge >= 0.3 is 0 Å². The molecule has 120 valence electrons. The Balaban J connectivity index is 1.80. The summed E-state index contributed by atoms with van der Waals surface area (Å²) in [5, 5.41) is 6.39. The number of hydrazone groups is 1. The summed E-state index contributed by atoms with van der Waals surface area (Å²) in [6.07, 6.45) is 0. The highest BCUT2D eigenvalue weighted by molar-refractivity contribution is 6.03. The molecule has 0 saturated carbocycles. The van der Waals surface area contributed by atoms with Crippen LogP contribution in [0.2, 0.25) is 0 Å².